The highest BCUT2D eigenvalue weighted by molar-refractivity contribution is 9.10. The highest BCUT2D eigenvalue weighted by atomic mass is 79.9. The molecule has 2 nitrogen and oxygen atoms in total. The van der Waals surface area contributed by atoms with Crippen LogP contribution in [0.3, 0.4) is 0 Å². The maximum Gasteiger partial charge on any atom is 0.137 e. The monoisotopic (exact) mass is 301 g/mol. The molecule has 0 amide bonds. The molecular formula is C13H17BrFNO. The van der Waals surface area contributed by atoms with Crippen LogP contribution in [0.5, 0.6) is 5.75 Å². The molecule has 1 aliphatic rings. The topological polar surface area (TPSA) is 21.3 Å². The molecular weight excluding hydrogens is 285 g/mol. The van der Waals surface area contributed by atoms with Crippen molar-refractivity contribution >= 4 is 15.9 Å². The van der Waals surface area contributed by atoms with Crippen LogP contribution >= 0.6 is 15.9 Å². The average Bonchev–Trinajstić information content (AvgIpc) is 3.13. The predicted molar refractivity (Wildman–Crippen MR) is 69.8 cm³/mol. The van der Waals surface area contributed by atoms with Gasteiger partial charge in [0.25, 0.3) is 0 Å². The lowest BCUT2D eigenvalue weighted by molar-refractivity contribution is 0.302. The van der Waals surface area contributed by atoms with Gasteiger partial charge in [-0.05, 0) is 59.8 Å². The lowest BCUT2D eigenvalue weighted by atomic mass is 10.2. The summed E-state index contributed by atoms with van der Waals surface area (Å²) < 4.78 is 18.9. The van der Waals surface area contributed by atoms with Gasteiger partial charge < -0.3 is 10.1 Å². The van der Waals surface area contributed by atoms with E-state index in [9.17, 15) is 4.39 Å². The van der Waals surface area contributed by atoms with Gasteiger partial charge >= 0.3 is 0 Å². The predicted octanol–water partition coefficient (Wildman–Crippen LogP) is 3.36. The van der Waals surface area contributed by atoms with Gasteiger partial charge in [0.15, 0.2) is 0 Å². The summed E-state index contributed by atoms with van der Waals surface area (Å²) in [6.07, 6.45) is 2.69. The van der Waals surface area contributed by atoms with Gasteiger partial charge in [-0.1, -0.05) is 0 Å². The maximum absolute atomic E-state index is 13.0. The van der Waals surface area contributed by atoms with Crippen LogP contribution in [0.2, 0.25) is 0 Å². The summed E-state index contributed by atoms with van der Waals surface area (Å²) in [6, 6.07) is 5.28. The van der Waals surface area contributed by atoms with E-state index in [0.29, 0.717) is 22.9 Å². The van der Waals surface area contributed by atoms with Crippen molar-refractivity contribution in [2.24, 2.45) is 5.92 Å². The third kappa shape index (κ3) is 3.96. The Kier molecular flexibility index (Phi) is 4.40. The highest BCUT2D eigenvalue weighted by Gasteiger charge is 2.27. The molecule has 1 N–H and O–H groups in total. The summed E-state index contributed by atoms with van der Waals surface area (Å²) in [5, 5.41) is 3.43. The fraction of sp³-hybridized carbons (Fsp3) is 0.538. The van der Waals surface area contributed by atoms with E-state index in [2.05, 4.69) is 28.2 Å². The van der Waals surface area contributed by atoms with Gasteiger partial charge in [-0.15, -0.1) is 0 Å². The Morgan fingerprint density at radius 3 is 2.94 bits per heavy atom. The van der Waals surface area contributed by atoms with Gasteiger partial charge in [-0.25, -0.2) is 4.39 Å². The van der Waals surface area contributed by atoms with Crippen molar-refractivity contribution in [1.82, 2.24) is 5.32 Å². The number of hydrogen-bond donors (Lipinski definition) is 1. The minimum absolute atomic E-state index is 0.266. The van der Waals surface area contributed by atoms with Crippen molar-refractivity contribution in [2.75, 3.05) is 13.2 Å². The Morgan fingerprint density at radius 2 is 2.29 bits per heavy atom. The molecule has 1 aliphatic carbocycles. The van der Waals surface area contributed by atoms with Crippen molar-refractivity contribution in [3.8, 4) is 5.75 Å². The van der Waals surface area contributed by atoms with Crippen LogP contribution in [0.25, 0.3) is 0 Å². The standard InChI is InChI=1S/C13H17BrFNO/c1-9(10-2-3-10)16-6-7-17-11-4-5-13(15)12(14)8-11/h4-5,8-10,16H,2-3,6-7H2,1H3. The Bertz CT molecular complexity index is 382. The highest BCUT2D eigenvalue weighted by Crippen LogP contribution is 2.32. The average molecular weight is 302 g/mol. The molecule has 2 rings (SSSR count). The lowest BCUT2D eigenvalue weighted by Crippen LogP contribution is -2.31. The first kappa shape index (κ1) is 12.8. The van der Waals surface area contributed by atoms with Crippen LogP contribution in [0.15, 0.2) is 22.7 Å². The number of halogens is 2. The lowest BCUT2D eigenvalue weighted by Gasteiger charge is -2.13. The minimum atomic E-state index is -0.266. The second-order valence-corrected chi connectivity index (χ2v) is 5.36. The number of nitrogens with one attached hydrogen (secondary N) is 1. The molecule has 17 heavy (non-hydrogen) atoms. The Balaban J connectivity index is 1.68. The molecule has 0 spiro atoms. The summed E-state index contributed by atoms with van der Waals surface area (Å²) in [6.45, 7) is 3.65. The van der Waals surface area contributed by atoms with Crippen molar-refractivity contribution < 1.29 is 9.13 Å². The number of rotatable bonds is 6. The molecule has 1 fully saturated rings. The molecule has 1 aromatic rings. The fourth-order valence-corrected chi connectivity index (χ4v) is 2.14. The summed E-state index contributed by atoms with van der Waals surface area (Å²) in [7, 11) is 0. The first-order valence-electron chi connectivity index (χ1n) is 5.98. The van der Waals surface area contributed by atoms with E-state index in [1.807, 2.05) is 0 Å². The normalized spacial score (nSPS) is 16.9. The zero-order valence-corrected chi connectivity index (χ0v) is 11.5. The molecule has 1 atom stereocenters. The summed E-state index contributed by atoms with van der Waals surface area (Å²) in [5.74, 6) is 1.28. The summed E-state index contributed by atoms with van der Waals surface area (Å²) in [5.41, 5.74) is 0. The van der Waals surface area contributed by atoms with Crippen molar-refractivity contribution in [1.29, 1.82) is 0 Å². The van der Waals surface area contributed by atoms with E-state index in [-0.39, 0.29) is 5.82 Å². The summed E-state index contributed by atoms with van der Waals surface area (Å²) >= 11 is 3.13. The van der Waals surface area contributed by atoms with E-state index in [1.54, 1.807) is 12.1 Å². The molecule has 0 radical (unpaired) electrons. The first-order valence-corrected chi connectivity index (χ1v) is 6.77. The van der Waals surface area contributed by atoms with Crippen LogP contribution < -0.4 is 10.1 Å². The Morgan fingerprint density at radius 1 is 1.53 bits per heavy atom. The zero-order chi connectivity index (χ0) is 12.3. The molecule has 1 unspecified atom stereocenters. The largest absolute Gasteiger partial charge is 0.492 e. The molecule has 4 heteroatoms. The second kappa shape index (κ2) is 5.83. The van der Waals surface area contributed by atoms with E-state index < -0.39 is 0 Å². The minimum Gasteiger partial charge on any atom is -0.492 e. The van der Waals surface area contributed by atoms with Gasteiger partial charge in [0.1, 0.15) is 18.2 Å². The number of benzene rings is 1. The van der Waals surface area contributed by atoms with Gasteiger partial charge in [-0.2, -0.15) is 0 Å². The molecule has 0 aliphatic heterocycles. The molecule has 0 heterocycles. The van der Waals surface area contributed by atoms with Crippen molar-refractivity contribution in [3.63, 3.8) is 0 Å². The molecule has 0 saturated heterocycles. The first-order chi connectivity index (χ1) is 8.16. The Hall–Kier alpha value is -0.610. The quantitative estimate of drug-likeness (QED) is 0.814. The molecule has 94 valence electrons. The van der Waals surface area contributed by atoms with Crippen LogP contribution in [0.1, 0.15) is 19.8 Å². The zero-order valence-electron chi connectivity index (χ0n) is 9.88. The van der Waals surface area contributed by atoms with Crippen LogP contribution in [0.4, 0.5) is 4.39 Å². The van der Waals surface area contributed by atoms with Crippen LogP contribution in [0, 0.1) is 11.7 Å². The van der Waals surface area contributed by atoms with E-state index >= 15 is 0 Å². The molecule has 1 aromatic carbocycles. The second-order valence-electron chi connectivity index (χ2n) is 4.50. The van der Waals surface area contributed by atoms with Gasteiger partial charge in [0.05, 0.1) is 4.47 Å². The van der Waals surface area contributed by atoms with Crippen LogP contribution in [-0.4, -0.2) is 19.2 Å². The number of hydrogen-bond acceptors (Lipinski definition) is 2. The summed E-state index contributed by atoms with van der Waals surface area (Å²) in [4.78, 5) is 0. The molecule has 0 bridgehead atoms. The van der Waals surface area contributed by atoms with Gasteiger partial charge in [0.2, 0.25) is 0 Å². The molecule has 1 saturated carbocycles. The Labute approximate surface area is 110 Å². The van der Waals surface area contributed by atoms with Gasteiger partial charge in [-0.3, -0.25) is 0 Å². The van der Waals surface area contributed by atoms with E-state index in [4.69, 9.17) is 4.74 Å². The van der Waals surface area contributed by atoms with E-state index in [1.165, 1.54) is 18.9 Å². The number of ether oxygens (including phenoxy) is 1. The van der Waals surface area contributed by atoms with Gasteiger partial charge in [0, 0.05) is 12.6 Å². The SMILES string of the molecule is CC(NCCOc1ccc(F)c(Br)c1)C1CC1. The third-order valence-electron chi connectivity index (χ3n) is 3.06. The third-order valence-corrected chi connectivity index (χ3v) is 3.66. The van der Waals surface area contributed by atoms with Crippen molar-refractivity contribution in [2.45, 2.75) is 25.8 Å². The maximum atomic E-state index is 13.0. The van der Waals surface area contributed by atoms with Crippen molar-refractivity contribution in [3.05, 3.63) is 28.5 Å². The smallest absolute Gasteiger partial charge is 0.137 e. The van der Waals surface area contributed by atoms with Crippen LogP contribution in [-0.2, 0) is 0 Å². The van der Waals surface area contributed by atoms with E-state index in [0.717, 1.165) is 12.5 Å². The molecule has 0 aromatic heterocycles. The fourth-order valence-electron chi connectivity index (χ4n) is 1.79.